The predicted octanol–water partition coefficient (Wildman–Crippen LogP) is 3.14. The van der Waals surface area contributed by atoms with Gasteiger partial charge in [0.1, 0.15) is 34.0 Å². The highest BCUT2D eigenvalue weighted by Crippen LogP contribution is 2.30. The van der Waals surface area contributed by atoms with Crippen LogP contribution in [0, 0.1) is 6.92 Å². The van der Waals surface area contributed by atoms with Crippen LogP contribution < -0.4 is 10.3 Å². The largest absolute Gasteiger partial charge is 0.491 e. The number of aryl methyl sites for hydroxylation is 1. The number of H-pyrrole nitrogens is 1. The first kappa shape index (κ1) is 22.7. The SMILES string of the molecule is COC(=O)c1sc2nc(CN(CC(O)COc3ccc(Cl)cc3)C3CC3)[nH]c(=O)c2c1C. The fraction of sp³-hybridized carbons (Fsp3) is 0.409. The first-order valence-corrected chi connectivity index (χ1v) is 11.5. The molecule has 0 amide bonds. The highest BCUT2D eigenvalue weighted by atomic mass is 35.5. The Morgan fingerprint density at radius 3 is 2.75 bits per heavy atom. The lowest BCUT2D eigenvalue weighted by atomic mass is 10.2. The maximum absolute atomic E-state index is 12.7. The van der Waals surface area contributed by atoms with E-state index in [-0.39, 0.29) is 12.2 Å². The van der Waals surface area contributed by atoms with E-state index in [9.17, 15) is 14.7 Å². The standard InChI is InChI=1S/C22H24ClN3O5S/c1-12-18-20(28)24-17(25-21(18)32-19(12)22(29)30-2)10-26(14-5-6-14)9-15(27)11-31-16-7-3-13(23)4-8-16/h3-4,7-8,14-15,27H,5-6,9-11H2,1-2H3,(H,24,25,28). The average molecular weight is 478 g/mol. The lowest BCUT2D eigenvalue weighted by Crippen LogP contribution is -2.37. The van der Waals surface area contributed by atoms with Crippen molar-refractivity contribution in [3.05, 3.63) is 55.9 Å². The van der Waals surface area contributed by atoms with Gasteiger partial charge in [-0.05, 0) is 49.6 Å². The Labute approximate surface area is 193 Å². The van der Waals surface area contributed by atoms with Crippen LogP contribution in [0.5, 0.6) is 5.75 Å². The highest BCUT2D eigenvalue weighted by molar-refractivity contribution is 7.20. The Balaban J connectivity index is 1.46. The number of hydrogen-bond donors (Lipinski definition) is 2. The predicted molar refractivity (Wildman–Crippen MR) is 123 cm³/mol. The van der Waals surface area contributed by atoms with E-state index >= 15 is 0 Å². The number of benzene rings is 1. The molecule has 8 nitrogen and oxygen atoms in total. The lowest BCUT2D eigenvalue weighted by molar-refractivity contribution is 0.0605. The minimum atomic E-state index is -0.711. The first-order valence-electron chi connectivity index (χ1n) is 10.3. The number of aromatic amines is 1. The molecule has 1 fully saturated rings. The molecule has 1 aliphatic rings. The minimum absolute atomic E-state index is 0.139. The topological polar surface area (TPSA) is 105 Å². The van der Waals surface area contributed by atoms with Gasteiger partial charge < -0.3 is 19.6 Å². The van der Waals surface area contributed by atoms with Crippen molar-refractivity contribution in [2.24, 2.45) is 0 Å². The summed E-state index contributed by atoms with van der Waals surface area (Å²) in [5, 5.41) is 11.5. The van der Waals surface area contributed by atoms with Crippen molar-refractivity contribution in [3.8, 4) is 5.75 Å². The van der Waals surface area contributed by atoms with Crippen molar-refractivity contribution in [2.75, 3.05) is 20.3 Å². The number of rotatable bonds is 9. The molecule has 32 heavy (non-hydrogen) atoms. The second-order valence-corrected chi connectivity index (χ2v) is 9.26. The molecule has 1 aliphatic carbocycles. The van der Waals surface area contributed by atoms with E-state index < -0.39 is 12.1 Å². The number of carbonyl (C=O) groups excluding carboxylic acids is 1. The number of halogens is 1. The smallest absolute Gasteiger partial charge is 0.348 e. The number of carbonyl (C=O) groups is 1. The summed E-state index contributed by atoms with van der Waals surface area (Å²) in [7, 11) is 1.31. The van der Waals surface area contributed by atoms with Gasteiger partial charge in [0.05, 0.1) is 19.0 Å². The van der Waals surface area contributed by atoms with Crippen LogP contribution in [0.25, 0.3) is 10.2 Å². The van der Waals surface area contributed by atoms with Crippen LogP contribution in [-0.4, -0.2) is 58.4 Å². The van der Waals surface area contributed by atoms with Crippen molar-refractivity contribution < 1.29 is 19.4 Å². The van der Waals surface area contributed by atoms with Crippen LogP contribution in [-0.2, 0) is 11.3 Å². The molecule has 2 aromatic heterocycles. The Morgan fingerprint density at radius 2 is 2.09 bits per heavy atom. The number of ether oxygens (including phenoxy) is 2. The van der Waals surface area contributed by atoms with E-state index in [2.05, 4.69) is 14.9 Å². The van der Waals surface area contributed by atoms with E-state index in [0.29, 0.717) is 56.4 Å². The maximum Gasteiger partial charge on any atom is 0.348 e. The van der Waals surface area contributed by atoms with Crippen LogP contribution in [0.15, 0.2) is 29.1 Å². The Kier molecular flexibility index (Phi) is 6.80. The van der Waals surface area contributed by atoms with Crippen LogP contribution in [0.3, 0.4) is 0 Å². The summed E-state index contributed by atoms with van der Waals surface area (Å²) in [5.74, 6) is 0.657. The van der Waals surface area contributed by atoms with Gasteiger partial charge in [0.25, 0.3) is 5.56 Å². The molecule has 0 saturated heterocycles. The normalized spacial score (nSPS) is 14.7. The van der Waals surface area contributed by atoms with Crippen molar-refractivity contribution in [1.82, 2.24) is 14.9 Å². The number of esters is 1. The van der Waals surface area contributed by atoms with Crippen LogP contribution in [0.2, 0.25) is 5.02 Å². The molecule has 3 aromatic rings. The van der Waals surface area contributed by atoms with E-state index in [1.54, 1.807) is 31.2 Å². The number of fused-ring (bicyclic) bond motifs is 1. The molecule has 1 unspecified atom stereocenters. The number of aromatic nitrogens is 2. The van der Waals surface area contributed by atoms with Gasteiger partial charge in [-0.1, -0.05) is 11.6 Å². The number of nitrogens with zero attached hydrogens (tertiary/aromatic N) is 2. The van der Waals surface area contributed by atoms with Crippen LogP contribution in [0.1, 0.15) is 33.9 Å². The number of hydrogen-bond acceptors (Lipinski definition) is 8. The summed E-state index contributed by atoms with van der Waals surface area (Å²) in [4.78, 5) is 35.0. The summed E-state index contributed by atoms with van der Waals surface area (Å²) < 4.78 is 10.5. The zero-order valence-corrected chi connectivity index (χ0v) is 19.3. The summed E-state index contributed by atoms with van der Waals surface area (Å²) in [6.07, 6.45) is 1.35. The third-order valence-electron chi connectivity index (χ3n) is 5.34. The molecule has 2 N–H and O–H groups in total. The van der Waals surface area contributed by atoms with Gasteiger partial charge in [0.2, 0.25) is 0 Å². The summed E-state index contributed by atoms with van der Waals surface area (Å²) in [5.41, 5.74) is 0.294. The molecule has 1 aromatic carbocycles. The van der Waals surface area contributed by atoms with Gasteiger partial charge in [0, 0.05) is 17.6 Å². The number of thiophene rings is 1. The Hall–Kier alpha value is -2.46. The van der Waals surface area contributed by atoms with E-state index in [0.717, 1.165) is 24.2 Å². The van der Waals surface area contributed by atoms with E-state index in [4.69, 9.17) is 21.1 Å². The van der Waals surface area contributed by atoms with Crippen molar-refractivity contribution in [2.45, 2.75) is 38.5 Å². The molecule has 1 saturated carbocycles. The molecule has 1 atom stereocenters. The molecule has 170 valence electrons. The fourth-order valence-electron chi connectivity index (χ4n) is 3.57. The van der Waals surface area contributed by atoms with Crippen molar-refractivity contribution >= 4 is 39.1 Å². The highest BCUT2D eigenvalue weighted by Gasteiger charge is 2.31. The van der Waals surface area contributed by atoms with Crippen molar-refractivity contribution in [1.29, 1.82) is 0 Å². The molecule has 0 bridgehead atoms. The Bertz CT molecular complexity index is 1170. The van der Waals surface area contributed by atoms with Gasteiger partial charge in [-0.2, -0.15) is 0 Å². The van der Waals surface area contributed by atoms with E-state index in [1.165, 1.54) is 7.11 Å². The molecule has 10 heteroatoms. The van der Waals surface area contributed by atoms with Gasteiger partial charge in [0.15, 0.2) is 0 Å². The summed E-state index contributed by atoms with van der Waals surface area (Å²) in [6.45, 7) is 2.63. The molecular weight excluding hydrogens is 454 g/mol. The third-order valence-corrected chi connectivity index (χ3v) is 6.76. The molecule has 0 spiro atoms. The number of aliphatic hydroxyl groups is 1. The van der Waals surface area contributed by atoms with Crippen LogP contribution >= 0.6 is 22.9 Å². The number of nitrogens with one attached hydrogen (secondary N) is 1. The second kappa shape index (κ2) is 9.58. The minimum Gasteiger partial charge on any atom is -0.491 e. The molecule has 2 heterocycles. The Morgan fingerprint density at radius 1 is 1.38 bits per heavy atom. The zero-order valence-electron chi connectivity index (χ0n) is 17.8. The monoisotopic (exact) mass is 477 g/mol. The van der Waals surface area contributed by atoms with Gasteiger partial charge in [-0.3, -0.25) is 9.69 Å². The van der Waals surface area contributed by atoms with Gasteiger partial charge >= 0.3 is 5.97 Å². The quantitative estimate of drug-likeness (QED) is 0.456. The number of aliphatic hydroxyl groups excluding tert-OH is 1. The average Bonchev–Trinajstić information content (AvgIpc) is 3.56. The lowest BCUT2D eigenvalue weighted by Gasteiger charge is -2.24. The third kappa shape index (κ3) is 5.12. The molecule has 4 rings (SSSR count). The van der Waals surface area contributed by atoms with Gasteiger partial charge in [-0.15, -0.1) is 11.3 Å². The fourth-order valence-corrected chi connectivity index (χ4v) is 4.82. The second-order valence-electron chi connectivity index (χ2n) is 7.82. The first-order chi connectivity index (χ1) is 15.4. The molecular formula is C22H24ClN3O5S. The number of methoxy groups -OCH3 is 1. The van der Waals surface area contributed by atoms with Crippen LogP contribution in [0.4, 0.5) is 0 Å². The molecule has 0 aliphatic heterocycles. The summed E-state index contributed by atoms with van der Waals surface area (Å²) in [6, 6.07) is 7.30. The van der Waals surface area contributed by atoms with Gasteiger partial charge in [-0.25, -0.2) is 9.78 Å². The summed E-state index contributed by atoms with van der Waals surface area (Å²) >= 11 is 7.03. The van der Waals surface area contributed by atoms with E-state index in [1.807, 2.05) is 0 Å². The maximum atomic E-state index is 12.7. The van der Waals surface area contributed by atoms with Crippen molar-refractivity contribution in [3.63, 3.8) is 0 Å². The molecule has 0 radical (unpaired) electrons. The zero-order chi connectivity index (χ0) is 22.8.